The van der Waals surface area contributed by atoms with Crippen LogP contribution in [0.1, 0.15) is 26.7 Å². The fourth-order valence-electron chi connectivity index (χ4n) is 2.58. The Morgan fingerprint density at radius 1 is 1.55 bits per heavy atom. The minimum atomic E-state index is -0.0788. The molecule has 1 saturated heterocycles. The molecule has 1 aliphatic heterocycles. The first-order chi connectivity index (χ1) is 9.49. The molecule has 1 atom stereocenters. The largest absolute Gasteiger partial charge is 0.369 e. The van der Waals surface area contributed by atoms with Gasteiger partial charge in [-0.2, -0.15) is 5.10 Å². The van der Waals surface area contributed by atoms with E-state index in [1.807, 2.05) is 0 Å². The molecule has 0 spiro atoms. The highest BCUT2D eigenvalue weighted by molar-refractivity contribution is 9.10. The standard InChI is InChI=1S/C14H23BrN4O/c1-10(2)16-7-11-5-4-6-19(9-11)12-8-17-18(3)14(20)13(12)15/h8,10-11,16H,4-7,9H2,1-3H3. The molecule has 0 aromatic carbocycles. The molecule has 0 radical (unpaired) electrons. The summed E-state index contributed by atoms with van der Waals surface area (Å²) >= 11 is 3.42. The lowest BCUT2D eigenvalue weighted by Crippen LogP contribution is -2.41. The molecule has 6 heteroatoms. The Morgan fingerprint density at radius 2 is 2.30 bits per heavy atom. The molecule has 1 unspecified atom stereocenters. The zero-order valence-electron chi connectivity index (χ0n) is 12.4. The SMILES string of the molecule is CC(C)NCC1CCCN(c2cnn(C)c(=O)c2Br)C1. The molecule has 2 rings (SSSR count). The van der Waals surface area contributed by atoms with Crippen molar-refractivity contribution in [2.75, 3.05) is 24.5 Å². The van der Waals surface area contributed by atoms with Crippen molar-refractivity contribution in [2.24, 2.45) is 13.0 Å². The summed E-state index contributed by atoms with van der Waals surface area (Å²) in [5.74, 6) is 0.627. The quantitative estimate of drug-likeness (QED) is 0.905. The maximum Gasteiger partial charge on any atom is 0.282 e. The topological polar surface area (TPSA) is 50.2 Å². The van der Waals surface area contributed by atoms with Gasteiger partial charge in [-0.1, -0.05) is 13.8 Å². The van der Waals surface area contributed by atoms with E-state index < -0.39 is 0 Å². The number of piperidine rings is 1. The molecule has 1 fully saturated rings. The van der Waals surface area contributed by atoms with Gasteiger partial charge >= 0.3 is 0 Å². The van der Waals surface area contributed by atoms with Crippen LogP contribution in [0, 0.1) is 5.92 Å². The van der Waals surface area contributed by atoms with Gasteiger partial charge in [0.05, 0.1) is 11.9 Å². The monoisotopic (exact) mass is 342 g/mol. The molecule has 0 bridgehead atoms. The van der Waals surface area contributed by atoms with E-state index in [0.717, 1.165) is 31.7 Å². The van der Waals surface area contributed by atoms with Crippen molar-refractivity contribution in [3.63, 3.8) is 0 Å². The Kier molecular flexibility index (Phi) is 5.21. The van der Waals surface area contributed by atoms with Gasteiger partial charge in [-0.15, -0.1) is 0 Å². The first-order valence-electron chi connectivity index (χ1n) is 7.19. The summed E-state index contributed by atoms with van der Waals surface area (Å²) in [5.41, 5.74) is 0.840. The fourth-order valence-corrected chi connectivity index (χ4v) is 3.19. The summed E-state index contributed by atoms with van der Waals surface area (Å²) in [6, 6.07) is 0.516. The van der Waals surface area contributed by atoms with E-state index in [-0.39, 0.29) is 5.56 Å². The zero-order valence-corrected chi connectivity index (χ0v) is 14.0. The van der Waals surface area contributed by atoms with E-state index in [2.05, 4.69) is 45.1 Å². The van der Waals surface area contributed by atoms with Crippen molar-refractivity contribution in [1.82, 2.24) is 15.1 Å². The normalized spacial score (nSPS) is 19.6. The van der Waals surface area contributed by atoms with Gasteiger partial charge in [0.1, 0.15) is 4.47 Å². The van der Waals surface area contributed by atoms with Crippen LogP contribution in [0.25, 0.3) is 0 Å². The third-order valence-electron chi connectivity index (χ3n) is 3.73. The molecular formula is C14H23BrN4O. The molecule has 0 aliphatic carbocycles. The van der Waals surface area contributed by atoms with Crippen LogP contribution >= 0.6 is 15.9 Å². The highest BCUT2D eigenvalue weighted by Crippen LogP contribution is 2.26. The highest BCUT2D eigenvalue weighted by atomic mass is 79.9. The van der Waals surface area contributed by atoms with Gasteiger partial charge < -0.3 is 10.2 Å². The Morgan fingerprint density at radius 3 is 3.00 bits per heavy atom. The van der Waals surface area contributed by atoms with Crippen LogP contribution in [0.2, 0.25) is 0 Å². The van der Waals surface area contributed by atoms with Crippen LogP contribution in [0.5, 0.6) is 0 Å². The Labute approximate surface area is 128 Å². The number of anilines is 1. The second-order valence-corrected chi connectivity index (χ2v) is 6.58. The summed E-state index contributed by atoms with van der Waals surface area (Å²) in [6.45, 7) is 7.34. The number of nitrogens with one attached hydrogen (secondary N) is 1. The number of nitrogens with zero attached hydrogens (tertiary/aromatic N) is 3. The summed E-state index contributed by atoms with van der Waals surface area (Å²) in [5, 5.41) is 7.63. The fraction of sp³-hybridized carbons (Fsp3) is 0.714. The molecule has 112 valence electrons. The highest BCUT2D eigenvalue weighted by Gasteiger charge is 2.22. The minimum absolute atomic E-state index is 0.0788. The van der Waals surface area contributed by atoms with Crippen LogP contribution in [0.15, 0.2) is 15.5 Å². The lowest BCUT2D eigenvalue weighted by Gasteiger charge is -2.35. The van der Waals surface area contributed by atoms with Gasteiger partial charge in [-0.3, -0.25) is 4.79 Å². The summed E-state index contributed by atoms with van der Waals surface area (Å²) in [4.78, 5) is 14.2. The summed E-state index contributed by atoms with van der Waals surface area (Å²) in [6.07, 6.45) is 4.18. The molecule has 20 heavy (non-hydrogen) atoms. The van der Waals surface area contributed by atoms with Gasteiger partial charge in [0.15, 0.2) is 0 Å². The van der Waals surface area contributed by atoms with Crippen molar-refractivity contribution in [2.45, 2.75) is 32.7 Å². The van der Waals surface area contributed by atoms with E-state index in [4.69, 9.17) is 0 Å². The first kappa shape index (κ1) is 15.5. The van der Waals surface area contributed by atoms with Crippen LogP contribution < -0.4 is 15.8 Å². The van der Waals surface area contributed by atoms with E-state index in [1.54, 1.807) is 13.2 Å². The molecule has 5 nitrogen and oxygen atoms in total. The molecule has 0 amide bonds. The van der Waals surface area contributed by atoms with Crippen LogP contribution in [-0.4, -0.2) is 35.5 Å². The van der Waals surface area contributed by atoms with Gasteiger partial charge in [-0.05, 0) is 41.2 Å². The summed E-state index contributed by atoms with van der Waals surface area (Å²) in [7, 11) is 1.67. The smallest absolute Gasteiger partial charge is 0.282 e. The Balaban J connectivity index is 2.09. The number of hydrogen-bond acceptors (Lipinski definition) is 4. The van der Waals surface area contributed by atoms with E-state index in [0.29, 0.717) is 16.4 Å². The van der Waals surface area contributed by atoms with E-state index in [9.17, 15) is 4.79 Å². The van der Waals surface area contributed by atoms with Gasteiger partial charge in [-0.25, -0.2) is 4.68 Å². The van der Waals surface area contributed by atoms with Crippen molar-refractivity contribution in [3.05, 3.63) is 21.0 Å². The third-order valence-corrected chi connectivity index (χ3v) is 4.48. The van der Waals surface area contributed by atoms with Crippen molar-refractivity contribution < 1.29 is 0 Å². The third kappa shape index (κ3) is 3.61. The molecule has 1 aliphatic rings. The van der Waals surface area contributed by atoms with Crippen LogP contribution in [0.4, 0.5) is 5.69 Å². The number of aryl methyl sites for hydroxylation is 1. The van der Waals surface area contributed by atoms with Crippen molar-refractivity contribution in [3.8, 4) is 0 Å². The van der Waals surface area contributed by atoms with Crippen molar-refractivity contribution >= 4 is 21.6 Å². The van der Waals surface area contributed by atoms with Gasteiger partial charge in [0.2, 0.25) is 0 Å². The second kappa shape index (κ2) is 6.72. The molecule has 1 aromatic rings. The lowest BCUT2D eigenvalue weighted by molar-refractivity contribution is 0.379. The molecular weight excluding hydrogens is 320 g/mol. The molecule has 1 N–H and O–H groups in total. The summed E-state index contributed by atoms with van der Waals surface area (Å²) < 4.78 is 1.97. The number of aromatic nitrogens is 2. The van der Waals surface area contributed by atoms with Gasteiger partial charge in [0.25, 0.3) is 5.56 Å². The Bertz CT molecular complexity index is 514. The maximum absolute atomic E-state index is 11.9. The number of rotatable bonds is 4. The zero-order chi connectivity index (χ0) is 14.7. The average molecular weight is 343 g/mol. The maximum atomic E-state index is 11.9. The Hall–Kier alpha value is -0.880. The first-order valence-corrected chi connectivity index (χ1v) is 7.98. The van der Waals surface area contributed by atoms with E-state index in [1.165, 1.54) is 11.1 Å². The lowest BCUT2D eigenvalue weighted by atomic mass is 9.97. The number of halogens is 1. The predicted molar refractivity (Wildman–Crippen MR) is 85.3 cm³/mol. The van der Waals surface area contributed by atoms with Crippen LogP contribution in [-0.2, 0) is 7.05 Å². The number of hydrogen-bond donors (Lipinski definition) is 1. The van der Waals surface area contributed by atoms with Crippen LogP contribution in [0.3, 0.4) is 0 Å². The van der Waals surface area contributed by atoms with Gasteiger partial charge in [0, 0.05) is 26.2 Å². The van der Waals surface area contributed by atoms with Crippen molar-refractivity contribution in [1.29, 1.82) is 0 Å². The molecule has 2 heterocycles. The second-order valence-electron chi connectivity index (χ2n) is 5.79. The predicted octanol–water partition coefficient (Wildman–Crippen LogP) is 1.76. The molecule has 1 aromatic heterocycles. The minimum Gasteiger partial charge on any atom is -0.369 e. The van der Waals surface area contributed by atoms with E-state index >= 15 is 0 Å². The average Bonchev–Trinajstić information content (AvgIpc) is 2.43. The molecule has 0 saturated carbocycles.